The van der Waals surface area contributed by atoms with Crippen molar-refractivity contribution in [3.05, 3.63) is 75.4 Å². The maximum absolute atomic E-state index is 13.5. The first kappa shape index (κ1) is 19.8. The summed E-state index contributed by atoms with van der Waals surface area (Å²) < 4.78 is 24.3. The third-order valence-electron chi connectivity index (χ3n) is 5.15. The molecule has 2 aromatic carbocycles. The van der Waals surface area contributed by atoms with Crippen LogP contribution in [0.25, 0.3) is 11.0 Å². The average Bonchev–Trinajstić information content (AvgIpc) is 3.18. The van der Waals surface area contributed by atoms with Gasteiger partial charge in [-0.15, -0.1) is 0 Å². The second-order valence-corrected chi connectivity index (χ2v) is 7.37. The third-order valence-corrected chi connectivity index (χ3v) is 5.15. The van der Waals surface area contributed by atoms with E-state index >= 15 is 0 Å². The second kappa shape index (κ2) is 8.10. The molecule has 0 fully saturated rings. The van der Waals surface area contributed by atoms with Crippen molar-refractivity contribution in [2.45, 2.75) is 38.6 Å². The zero-order valence-electron chi connectivity index (χ0n) is 16.4. The Morgan fingerprint density at radius 2 is 1.97 bits per heavy atom. The molecule has 0 aliphatic heterocycles. The number of fused-ring (bicyclic) bond motifs is 3. The fourth-order valence-electron chi connectivity index (χ4n) is 3.85. The van der Waals surface area contributed by atoms with Crippen LogP contribution in [0.2, 0.25) is 0 Å². The van der Waals surface area contributed by atoms with Crippen LogP contribution in [0.3, 0.4) is 0 Å². The summed E-state index contributed by atoms with van der Waals surface area (Å²) in [5.74, 6) is -1.34. The normalized spacial score (nSPS) is 13.7. The highest BCUT2D eigenvalue weighted by molar-refractivity contribution is 5.87. The molecule has 0 unspecified atom stereocenters. The van der Waals surface area contributed by atoms with Gasteiger partial charge in [-0.3, -0.25) is 4.79 Å². The molecule has 3 aromatic rings. The molecule has 6 nitrogen and oxygen atoms in total. The van der Waals surface area contributed by atoms with E-state index in [2.05, 4.69) is 5.32 Å². The molecule has 154 valence electrons. The number of esters is 1. The van der Waals surface area contributed by atoms with Crippen LogP contribution in [0.1, 0.15) is 30.0 Å². The molecule has 0 saturated carbocycles. The van der Waals surface area contributed by atoms with Gasteiger partial charge in [0.1, 0.15) is 23.2 Å². The molecule has 1 N–H and O–H groups in total. The van der Waals surface area contributed by atoms with Crippen LogP contribution in [-0.2, 0) is 28.9 Å². The van der Waals surface area contributed by atoms with E-state index < -0.39 is 23.7 Å². The number of halogens is 1. The number of nitrogens with one attached hydrogen (secondary N) is 1. The lowest BCUT2D eigenvalue weighted by molar-refractivity contribution is -0.139. The van der Waals surface area contributed by atoms with Gasteiger partial charge in [0, 0.05) is 30.4 Å². The number of hydrogen-bond acceptors (Lipinski definition) is 5. The standard InChI is InChI=1S/C23H20FNO5/c1-13(26)25-20(11-14-4-2-5-15(24)10-14)23(28)29-16-8-9-18-17-6-3-7-19(17)22(27)30-21(18)12-16/h2,4-5,8-10,12,20H,3,6-7,11H2,1H3,(H,25,26)/t20-/m0/s1. The van der Waals surface area contributed by atoms with Crippen molar-refractivity contribution in [3.63, 3.8) is 0 Å². The number of rotatable bonds is 5. The van der Waals surface area contributed by atoms with Crippen LogP contribution >= 0.6 is 0 Å². The molecule has 1 amide bonds. The SMILES string of the molecule is CC(=O)N[C@@H](Cc1cccc(F)c1)C(=O)Oc1ccc2c3c(c(=O)oc2c1)CCC3. The van der Waals surface area contributed by atoms with Crippen molar-refractivity contribution in [2.75, 3.05) is 0 Å². The van der Waals surface area contributed by atoms with Gasteiger partial charge >= 0.3 is 11.6 Å². The van der Waals surface area contributed by atoms with Gasteiger partial charge in [0.15, 0.2) is 0 Å². The minimum atomic E-state index is -0.993. The molecule has 0 bridgehead atoms. The summed E-state index contributed by atoms with van der Waals surface area (Å²) in [4.78, 5) is 36.4. The maximum atomic E-state index is 13.5. The van der Waals surface area contributed by atoms with Crippen molar-refractivity contribution in [1.29, 1.82) is 0 Å². The first-order valence-corrected chi connectivity index (χ1v) is 9.72. The van der Waals surface area contributed by atoms with Gasteiger partial charge in [-0.2, -0.15) is 0 Å². The highest BCUT2D eigenvalue weighted by Gasteiger charge is 2.24. The summed E-state index contributed by atoms with van der Waals surface area (Å²) in [7, 11) is 0. The van der Waals surface area contributed by atoms with Crippen LogP contribution in [0.4, 0.5) is 4.39 Å². The van der Waals surface area contributed by atoms with E-state index in [1.165, 1.54) is 31.2 Å². The van der Waals surface area contributed by atoms with E-state index in [0.717, 1.165) is 23.8 Å². The Morgan fingerprint density at radius 1 is 1.17 bits per heavy atom. The number of benzene rings is 2. The second-order valence-electron chi connectivity index (χ2n) is 7.37. The number of amides is 1. The molecule has 1 heterocycles. The topological polar surface area (TPSA) is 85.6 Å². The van der Waals surface area contributed by atoms with E-state index in [4.69, 9.17) is 9.15 Å². The highest BCUT2D eigenvalue weighted by Crippen LogP contribution is 2.29. The summed E-state index contributed by atoms with van der Waals surface area (Å²) in [6, 6.07) is 9.70. The number of aryl methyl sites for hydroxylation is 1. The van der Waals surface area contributed by atoms with Gasteiger partial charge in [0.2, 0.25) is 5.91 Å². The van der Waals surface area contributed by atoms with E-state index in [0.29, 0.717) is 23.1 Å². The Balaban J connectivity index is 1.58. The summed E-state index contributed by atoms with van der Waals surface area (Å²) in [6.07, 6.45) is 2.51. The summed E-state index contributed by atoms with van der Waals surface area (Å²) in [6.45, 7) is 1.29. The molecule has 1 atom stereocenters. The molecular weight excluding hydrogens is 389 g/mol. The van der Waals surface area contributed by atoms with Gasteiger partial charge in [-0.05, 0) is 54.7 Å². The average molecular weight is 409 g/mol. The first-order chi connectivity index (χ1) is 14.4. The highest BCUT2D eigenvalue weighted by atomic mass is 19.1. The van der Waals surface area contributed by atoms with Crippen LogP contribution in [0.5, 0.6) is 5.75 Å². The molecule has 1 aromatic heterocycles. The Kier molecular flexibility index (Phi) is 5.35. The number of carbonyl (C=O) groups is 2. The van der Waals surface area contributed by atoms with Crippen LogP contribution in [0.15, 0.2) is 51.7 Å². The van der Waals surface area contributed by atoms with E-state index in [9.17, 15) is 18.8 Å². The zero-order chi connectivity index (χ0) is 21.3. The molecule has 1 aliphatic carbocycles. The Bertz CT molecular complexity index is 1200. The quantitative estimate of drug-likeness (QED) is 0.398. The van der Waals surface area contributed by atoms with Crippen LogP contribution in [-0.4, -0.2) is 17.9 Å². The van der Waals surface area contributed by atoms with Crippen molar-refractivity contribution in [2.24, 2.45) is 0 Å². The fourth-order valence-corrected chi connectivity index (χ4v) is 3.85. The van der Waals surface area contributed by atoms with Gasteiger partial charge in [-0.1, -0.05) is 12.1 Å². The minimum absolute atomic E-state index is 0.0757. The fraction of sp³-hybridized carbons (Fsp3) is 0.261. The van der Waals surface area contributed by atoms with Crippen molar-refractivity contribution in [3.8, 4) is 5.75 Å². The van der Waals surface area contributed by atoms with Crippen LogP contribution < -0.4 is 15.7 Å². The van der Waals surface area contributed by atoms with Crippen molar-refractivity contribution < 1.29 is 23.1 Å². The molecule has 0 radical (unpaired) electrons. The lowest BCUT2D eigenvalue weighted by Gasteiger charge is -2.17. The number of hydrogen-bond donors (Lipinski definition) is 1. The monoisotopic (exact) mass is 409 g/mol. The van der Waals surface area contributed by atoms with Gasteiger partial charge in [-0.25, -0.2) is 14.0 Å². The van der Waals surface area contributed by atoms with E-state index in [-0.39, 0.29) is 17.8 Å². The lowest BCUT2D eigenvalue weighted by Crippen LogP contribution is -2.43. The number of ether oxygens (including phenoxy) is 1. The predicted octanol–water partition coefficient (Wildman–Crippen LogP) is 3.07. The maximum Gasteiger partial charge on any atom is 0.339 e. The van der Waals surface area contributed by atoms with Gasteiger partial charge in [0.25, 0.3) is 0 Å². The number of carbonyl (C=O) groups excluding carboxylic acids is 2. The minimum Gasteiger partial charge on any atom is -0.425 e. The molecule has 0 saturated heterocycles. The first-order valence-electron chi connectivity index (χ1n) is 9.72. The Hall–Kier alpha value is -3.48. The molecule has 0 spiro atoms. The Labute approximate surface area is 171 Å². The Morgan fingerprint density at radius 3 is 2.73 bits per heavy atom. The molecule has 4 rings (SSSR count). The van der Waals surface area contributed by atoms with Gasteiger partial charge < -0.3 is 14.5 Å². The van der Waals surface area contributed by atoms with E-state index in [1.54, 1.807) is 18.2 Å². The predicted molar refractivity (Wildman–Crippen MR) is 108 cm³/mol. The summed E-state index contributed by atoms with van der Waals surface area (Å²) in [5.41, 5.74) is 2.24. The molecular formula is C23H20FNO5. The third kappa shape index (κ3) is 4.10. The molecule has 30 heavy (non-hydrogen) atoms. The lowest BCUT2D eigenvalue weighted by atomic mass is 10.1. The smallest absolute Gasteiger partial charge is 0.339 e. The summed E-state index contributed by atoms with van der Waals surface area (Å²) in [5, 5.41) is 3.37. The zero-order valence-corrected chi connectivity index (χ0v) is 16.4. The van der Waals surface area contributed by atoms with Crippen molar-refractivity contribution >= 4 is 22.8 Å². The van der Waals surface area contributed by atoms with Crippen molar-refractivity contribution in [1.82, 2.24) is 5.32 Å². The van der Waals surface area contributed by atoms with E-state index in [1.807, 2.05) is 0 Å². The largest absolute Gasteiger partial charge is 0.425 e. The van der Waals surface area contributed by atoms with Crippen LogP contribution in [0, 0.1) is 5.82 Å². The molecule has 7 heteroatoms. The summed E-state index contributed by atoms with van der Waals surface area (Å²) >= 11 is 0. The van der Waals surface area contributed by atoms with Gasteiger partial charge in [0.05, 0.1) is 0 Å². The molecule has 1 aliphatic rings.